The summed E-state index contributed by atoms with van der Waals surface area (Å²) in [5.41, 5.74) is -0.774. The lowest BCUT2D eigenvalue weighted by atomic mass is 10.1. The van der Waals surface area contributed by atoms with Crippen LogP contribution in [-0.2, 0) is 11.0 Å². The summed E-state index contributed by atoms with van der Waals surface area (Å²) in [7, 11) is 0. The Morgan fingerprint density at radius 1 is 1.42 bits per heavy atom. The van der Waals surface area contributed by atoms with Crippen LogP contribution in [0.5, 0.6) is 0 Å². The minimum atomic E-state index is -4.50. The Hall–Kier alpha value is -2.12. The van der Waals surface area contributed by atoms with Gasteiger partial charge in [0.15, 0.2) is 5.78 Å². The van der Waals surface area contributed by atoms with E-state index in [0.717, 1.165) is 17.0 Å². The summed E-state index contributed by atoms with van der Waals surface area (Å²) >= 11 is 0. The van der Waals surface area contributed by atoms with E-state index < -0.39 is 23.9 Å². The van der Waals surface area contributed by atoms with Gasteiger partial charge in [0, 0.05) is 12.6 Å². The molecule has 1 saturated heterocycles. The van der Waals surface area contributed by atoms with Crippen molar-refractivity contribution in [1.82, 2.24) is 9.88 Å². The van der Waals surface area contributed by atoms with Crippen molar-refractivity contribution in [1.29, 1.82) is 0 Å². The van der Waals surface area contributed by atoms with Gasteiger partial charge in [0.05, 0.1) is 23.8 Å². The second kappa shape index (κ2) is 4.52. The molecule has 0 unspecified atom stereocenters. The maximum absolute atomic E-state index is 12.4. The van der Waals surface area contributed by atoms with Gasteiger partial charge in [0.1, 0.15) is 0 Å². The van der Waals surface area contributed by atoms with Crippen LogP contribution in [0.15, 0.2) is 18.3 Å². The van der Waals surface area contributed by atoms with Crippen LogP contribution in [0.1, 0.15) is 23.7 Å². The minimum absolute atomic E-state index is 0.0648. The fourth-order valence-electron chi connectivity index (χ4n) is 1.93. The molecule has 2 rings (SSSR count). The molecular weight excluding hydrogens is 265 g/mol. The smallest absolute Gasteiger partial charge is 0.417 e. The van der Waals surface area contributed by atoms with Gasteiger partial charge >= 0.3 is 12.3 Å². The van der Waals surface area contributed by atoms with Crippen molar-refractivity contribution in [3.8, 4) is 0 Å². The van der Waals surface area contributed by atoms with Crippen LogP contribution >= 0.6 is 0 Å². The number of carbonyl (C=O) groups excluding carboxylic acids is 1. The summed E-state index contributed by atoms with van der Waals surface area (Å²) in [4.78, 5) is 26.7. The predicted molar refractivity (Wildman–Crippen MR) is 56.3 cm³/mol. The zero-order valence-electron chi connectivity index (χ0n) is 9.52. The normalized spacial score (nSPS) is 19.8. The van der Waals surface area contributed by atoms with E-state index in [0.29, 0.717) is 6.20 Å². The summed E-state index contributed by atoms with van der Waals surface area (Å²) < 4.78 is 37.1. The summed E-state index contributed by atoms with van der Waals surface area (Å²) in [5, 5.41) is 8.91. The van der Waals surface area contributed by atoms with Crippen molar-refractivity contribution in [2.24, 2.45) is 0 Å². The van der Waals surface area contributed by atoms with Crippen LogP contribution in [0.2, 0.25) is 0 Å². The quantitative estimate of drug-likeness (QED) is 0.851. The molecule has 0 aromatic carbocycles. The van der Waals surface area contributed by atoms with Crippen LogP contribution in [0.25, 0.3) is 0 Å². The van der Waals surface area contributed by atoms with E-state index in [2.05, 4.69) is 4.98 Å². The largest absolute Gasteiger partial charge is 0.465 e. The highest BCUT2D eigenvalue weighted by Gasteiger charge is 2.37. The molecule has 0 bridgehead atoms. The van der Waals surface area contributed by atoms with Gasteiger partial charge in [0.2, 0.25) is 0 Å². The van der Waals surface area contributed by atoms with Gasteiger partial charge < -0.3 is 5.11 Å². The number of hydrogen-bond donors (Lipinski definition) is 1. The van der Waals surface area contributed by atoms with Crippen LogP contribution < -0.4 is 0 Å². The molecule has 1 aliphatic rings. The fourth-order valence-corrected chi connectivity index (χ4v) is 1.93. The SMILES string of the molecule is O=C1C[C@@H](c2ccc(C(F)(F)F)cn2)N(C(=O)O)C1. The lowest BCUT2D eigenvalue weighted by molar-refractivity contribution is -0.137. The average Bonchev–Trinajstić information content (AvgIpc) is 2.70. The molecule has 8 heteroatoms. The highest BCUT2D eigenvalue weighted by Crippen LogP contribution is 2.32. The van der Waals surface area contributed by atoms with Crippen molar-refractivity contribution >= 4 is 11.9 Å². The third kappa shape index (κ3) is 2.67. The first-order valence-electron chi connectivity index (χ1n) is 5.33. The Balaban J connectivity index is 2.27. The number of carboxylic acid groups (broad SMARTS) is 1. The lowest BCUT2D eigenvalue weighted by Crippen LogP contribution is -2.30. The zero-order valence-corrected chi connectivity index (χ0v) is 9.52. The molecule has 0 aliphatic carbocycles. The van der Waals surface area contributed by atoms with E-state index in [1.54, 1.807) is 0 Å². The van der Waals surface area contributed by atoms with Gasteiger partial charge in [-0.05, 0) is 12.1 Å². The summed E-state index contributed by atoms with van der Waals surface area (Å²) in [5.74, 6) is -0.283. The van der Waals surface area contributed by atoms with Gasteiger partial charge in [-0.1, -0.05) is 0 Å². The Labute approximate surface area is 105 Å². The first-order valence-corrected chi connectivity index (χ1v) is 5.33. The molecule has 19 heavy (non-hydrogen) atoms. The first kappa shape index (κ1) is 13.3. The summed E-state index contributed by atoms with van der Waals surface area (Å²) in [6.45, 7) is -0.261. The van der Waals surface area contributed by atoms with Crippen molar-refractivity contribution < 1.29 is 27.9 Å². The molecule has 1 aliphatic heterocycles. The van der Waals surface area contributed by atoms with E-state index in [1.807, 2.05) is 0 Å². The van der Waals surface area contributed by atoms with Gasteiger partial charge in [0.25, 0.3) is 0 Å². The highest BCUT2D eigenvalue weighted by atomic mass is 19.4. The lowest BCUT2D eigenvalue weighted by Gasteiger charge is -2.20. The molecule has 0 spiro atoms. The fraction of sp³-hybridized carbons (Fsp3) is 0.364. The molecule has 5 nitrogen and oxygen atoms in total. The monoisotopic (exact) mass is 274 g/mol. The number of halogens is 3. The molecule has 1 aromatic heterocycles. The number of ketones is 1. The predicted octanol–water partition coefficient (Wildman–Crippen LogP) is 2.09. The number of rotatable bonds is 1. The Kier molecular flexibility index (Phi) is 3.17. The van der Waals surface area contributed by atoms with Crippen LogP contribution in [0.3, 0.4) is 0 Å². The molecule has 1 atom stereocenters. The van der Waals surface area contributed by atoms with Crippen LogP contribution in [-0.4, -0.2) is 33.4 Å². The number of likely N-dealkylation sites (tertiary alicyclic amines) is 1. The number of nitrogens with zero attached hydrogens (tertiary/aromatic N) is 2. The number of Topliss-reactive ketones (excluding diaryl/α,β-unsaturated/α-hetero) is 1. The van der Waals surface area contributed by atoms with Crippen molar-refractivity contribution in [3.63, 3.8) is 0 Å². The highest BCUT2D eigenvalue weighted by molar-refractivity contribution is 5.87. The number of alkyl halides is 3. The molecular formula is C11H9F3N2O3. The maximum atomic E-state index is 12.4. The Morgan fingerprint density at radius 2 is 2.11 bits per heavy atom. The number of hydrogen-bond acceptors (Lipinski definition) is 3. The van der Waals surface area contributed by atoms with Crippen molar-refractivity contribution in [2.45, 2.75) is 18.6 Å². The average molecular weight is 274 g/mol. The van der Waals surface area contributed by atoms with Gasteiger partial charge in [-0.3, -0.25) is 14.7 Å². The summed E-state index contributed by atoms with van der Waals surface area (Å²) in [6.07, 6.45) is -5.22. The van der Waals surface area contributed by atoms with E-state index in [-0.39, 0.29) is 24.4 Å². The number of aromatic nitrogens is 1. The van der Waals surface area contributed by atoms with E-state index in [1.165, 1.54) is 0 Å². The number of amides is 1. The molecule has 1 fully saturated rings. The molecule has 0 saturated carbocycles. The van der Waals surface area contributed by atoms with Crippen LogP contribution in [0, 0.1) is 0 Å². The third-order valence-electron chi connectivity index (χ3n) is 2.84. The topological polar surface area (TPSA) is 70.5 Å². The summed E-state index contributed by atoms with van der Waals surface area (Å²) in [6, 6.07) is 1.11. The number of pyridine rings is 1. The van der Waals surface area contributed by atoms with Gasteiger partial charge in [-0.15, -0.1) is 0 Å². The number of carbonyl (C=O) groups is 2. The zero-order chi connectivity index (χ0) is 14.2. The van der Waals surface area contributed by atoms with Crippen molar-refractivity contribution in [2.75, 3.05) is 6.54 Å². The Bertz CT molecular complexity index is 513. The van der Waals surface area contributed by atoms with Crippen molar-refractivity contribution in [3.05, 3.63) is 29.6 Å². The van der Waals surface area contributed by atoms with Gasteiger partial charge in [-0.25, -0.2) is 4.79 Å². The standard InChI is InChI=1S/C11H9F3N2O3/c12-11(13,14)6-1-2-8(15-4-6)9-3-7(17)5-16(9)10(18)19/h1-2,4,9H,3,5H2,(H,18,19)/t9-/m0/s1. The molecule has 0 radical (unpaired) electrons. The third-order valence-corrected chi connectivity index (χ3v) is 2.84. The Morgan fingerprint density at radius 3 is 2.58 bits per heavy atom. The van der Waals surface area contributed by atoms with E-state index in [4.69, 9.17) is 5.11 Å². The minimum Gasteiger partial charge on any atom is -0.465 e. The molecule has 1 N–H and O–H groups in total. The molecule has 1 aromatic rings. The first-order chi connectivity index (χ1) is 8.79. The molecule has 102 valence electrons. The second-order valence-electron chi connectivity index (χ2n) is 4.14. The van der Waals surface area contributed by atoms with E-state index in [9.17, 15) is 22.8 Å². The maximum Gasteiger partial charge on any atom is 0.417 e. The second-order valence-corrected chi connectivity index (χ2v) is 4.14. The van der Waals surface area contributed by atoms with E-state index >= 15 is 0 Å². The molecule has 2 heterocycles. The molecule has 1 amide bonds. The van der Waals surface area contributed by atoms with Gasteiger partial charge in [-0.2, -0.15) is 13.2 Å². The van der Waals surface area contributed by atoms with Crippen LogP contribution in [0.4, 0.5) is 18.0 Å².